The van der Waals surface area contributed by atoms with E-state index in [9.17, 15) is 13.2 Å². The molecule has 0 aliphatic carbocycles. The number of para-hydroxylation sites is 1. The molecular weight excluding hydrogens is 343 g/mol. The lowest BCUT2D eigenvalue weighted by Gasteiger charge is -2.23. The third kappa shape index (κ3) is 4.65. The lowest BCUT2D eigenvalue weighted by molar-refractivity contribution is -0.139. The first-order valence-electron chi connectivity index (χ1n) is 8.51. The minimum absolute atomic E-state index is 0.0777. The van der Waals surface area contributed by atoms with Crippen LogP contribution in [0.3, 0.4) is 0 Å². The van der Waals surface area contributed by atoms with E-state index in [1.54, 1.807) is 11.9 Å². The van der Waals surface area contributed by atoms with Crippen LogP contribution < -0.4 is 9.64 Å². The van der Waals surface area contributed by atoms with Crippen LogP contribution in [0.1, 0.15) is 44.7 Å². The normalized spacial score (nSPS) is 11.9. The Morgan fingerprint density at radius 2 is 1.77 bits per heavy atom. The first-order valence-corrected chi connectivity index (χ1v) is 8.51. The van der Waals surface area contributed by atoms with Crippen molar-refractivity contribution in [1.29, 1.82) is 0 Å². The maximum absolute atomic E-state index is 13.2. The number of nitrogens with zero attached hydrogens (tertiary/aromatic N) is 3. The second kappa shape index (κ2) is 7.93. The Kier molecular flexibility index (Phi) is 6.10. The number of alkyl halides is 3. The fourth-order valence-corrected chi connectivity index (χ4v) is 2.46. The van der Waals surface area contributed by atoms with Crippen LogP contribution in [0, 0.1) is 5.92 Å². The van der Waals surface area contributed by atoms with Gasteiger partial charge in [0.25, 0.3) is 0 Å². The van der Waals surface area contributed by atoms with Gasteiger partial charge in [0.05, 0.1) is 6.61 Å². The van der Waals surface area contributed by atoms with Crippen LogP contribution >= 0.6 is 0 Å². The highest BCUT2D eigenvalue weighted by atomic mass is 19.4. The van der Waals surface area contributed by atoms with E-state index in [0.717, 1.165) is 17.4 Å². The van der Waals surface area contributed by atoms with Gasteiger partial charge in [-0.3, -0.25) is 0 Å². The molecule has 0 saturated heterocycles. The number of aromatic nitrogens is 2. The molecule has 0 bridgehead atoms. The van der Waals surface area contributed by atoms with Gasteiger partial charge < -0.3 is 9.64 Å². The van der Waals surface area contributed by atoms with E-state index in [2.05, 4.69) is 23.8 Å². The molecule has 1 heterocycles. The average molecular weight is 367 g/mol. The van der Waals surface area contributed by atoms with E-state index >= 15 is 0 Å². The van der Waals surface area contributed by atoms with Crippen LogP contribution in [0.25, 0.3) is 0 Å². The third-order valence-corrected chi connectivity index (χ3v) is 3.82. The van der Waals surface area contributed by atoms with Crippen LogP contribution in [-0.4, -0.2) is 23.6 Å². The van der Waals surface area contributed by atoms with Crippen molar-refractivity contribution < 1.29 is 17.9 Å². The molecule has 0 saturated carbocycles. The molecule has 1 aromatic carbocycles. The fraction of sp³-hybridized carbons (Fsp3) is 0.474. The van der Waals surface area contributed by atoms with Gasteiger partial charge in [0.2, 0.25) is 11.8 Å². The summed E-state index contributed by atoms with van der Waals surface area (Å²) in [4.78, 5) is 9.66. The molecule has 0 unspecified atom stereocenters. The van der Waals surface area contributed by atoms with Crippen molar-refractivity contribution in [3.8, 4) is 5.88 Å². The molecule has 0 aliphatic heterocycles. The van der Waals surface area contributed by atoms with Crippen LogP contribution in [0.5, 0.6) is 5.88 Å². The summed E-state index contributed by atoms with van der Waals surface area (Å²) in [5.74, 6) is 0.0450. The zero-order chi connectivity index (χ0) is 19.5. The van der Waals surface area contributed by atoms with Gasteiger partial charge in [0.15, 0.2) is 0 Å². The molecule has 0 N–H and O–H groups in total. The number of anilines is 2. The molecule has 0 fully saturated rings. The van der Waals surface area contributed by atoms with E-state index < -0.39 is 17.6 Å². The topological polar surface area (TPSA) is 38.2 Å². The summed E-state index contributed by atoms with van der Waals surface area (Å²) < 4.78 is 45.0. The summed E-state index contributed by atoms with van der Waals surface area (Å²) in [6, 6.07) is 7.68. The van der Waals surface area contributed by atoms with Crippen molar-refractivity contribution in [2.24, 2.45) is 5.92 Å². The largest absolute Gasteiger partial charge is 0.477 e. The molecule has 4 nitrogen and oxygen atoms in total. The van der Waals surface area contributed by atoms with Crippen molar-refractivity contribution >= 4 is 11.6 Å². The predicted molar refractivity (Wildman–Crippen MR) is 96.0 cm³/mol. The first kappa shape index (κ1) is 20.0. The summed E-state index contributed by atoms with van der Waals surface area (Å²) >= 11 is 0. The molecule has 1 aromatic heterocycles. The number of ether oxygens (including phenoxy) is 1. The Morgan fingerprint density at radius 3 is 2.35 bits per heavy atom. The van der Waals surface area contributed by atoms with Gasteiger partial charge >= 0.3 is 6.18 Å². The van der Waals surface area contributed by atoms with Crippen molar-refractivity contribution in [1.82, 2.24) is 9.97 Å². The molecular formula is C19H24F3N3O. The van der Waals surface area contributed by atoms with Crippen molar-refractivity contribution in [3.05, 3.63) is 41.6 Å². The summed E-state index contributed by atoms with van der Waals surface area (Å²) in [7, 11) is 1.73. The number of benzene rings is 1. The standard InChI is InChI=1S/C19H24F3N3O/c1-12(2)11-26-17-15(19(20,21)22)10-23-18(24-17)25(5)16-9-7-6-8-14(16)13(3)4/h6-10,12-13H,11H2,1-5H3. The molecule has 2 aromatic rings. The average Bonchev–Trinajstić information content (AvgIpc) is 2.58. The Labute approximate surface area is 152 Å². The van der Waals surface area contributed by atoms with Crippen molar-refractivity contribution in [2.45, 2.75) is 39.8 Å². The maximum Gasteiger partial charge on any atom is 0.423 e. The van der Waals surface area contributed by atoms with Crippen LogP contribution in [0.4, 0.5) is 24.8 Å². The Balaban J connectivity index is 2.45. The molecule has 2 rings (SSSR count). The quantitative estimate of drug-likeness (QED) is 0.683. The zero-order valence-corrected chi connectivity index (χ0v) is 15.6. The Hall–Kier alpha value is -2.31. The number of hydrogen-bond donors (Lipinski definition) is 0. The summed E-state index contributed by atoms with van der Waals surface area (Å²) in [5.41, 5.74) is 0.938. The SMILES string of the molecule is CC(C)COc1nc(N(C)c2ccccc2C(C)C)ncc1C(F)(F)F. The fourth-order valence-electron chi connectivity index (χ4n) is 2.46. The van der Waals surface area contributed by atoms with Gasteiger partial charge in [-0.05, 0) is 23.5 Å². The highest BCUT2D eigenvalue weighted by Crippen LogP contribution is 2.37. The van der Waals surface area contributed by atoms with Crippen LogP contribution in [-0.2, 0) is 6.18 Å². The van der Waals surface area contributed by atoms with Gasteiger partial charge in [-0.25, -0.2) is 4.98 Å². The van der Waals surface area contributed by atoms with E-state index in [4.69, 9.17) is 4.74 Å². The molecule has 0 spiro atoms. The lowest BCUT2D eigenvalue weighted by Crippen LogP contribution is -2.19. The molecule has 142 valence electrons. The summed E-state index contributed by atoms with van der Waals surface area (Å²) in [6.45, 7) is 7.97. The number of rotatable bonds is 6. The second-order valence-corrected chi connectivity index (χ2v) is 6.86. The van der Waals surface area contributed by atoms with Gasteiger partial charge in [-0.15, -0.1) is 0 Å². The van der Waals surface area contributed by atoms with E-state index in [1.807, 2.05) is 38.1 Å². The molecule has 0 atom stereocenters. The smallest absolute Gasteiger partial charge is 0.423 e. The van der Waals surface area contributed by atoms with E-state index in [0.29, 0.717) is 0 Å². The van der Waals surface area contributed by atoms with Crippen molar-refractivity contribution in [2.75, 3.05) is 18.6 Å². The van der Waals surface area contributed by atoms with E-state index in [-0.39, 0.29) is 24.4 Å². The minimum atomic E-state index is -4.57. The molecule has 7 heteroatoms. The lowest BCUT2D eigenvalue weighted by atomic mass is 10.0. The maximum atomic E-state index is 13.2. The van der Waals surface area contributed by atoms with Crippen LogP contribution in [0.2, 0.25) is 0 Å². The Morgan fingerprint density at radius 1 is 1.12 bits per heavy atom. The molecule has 0 amide bonds. The highest BCUT2D eigenvalue weighted by molar-refractivity contribution is 5.62. The Bertz CT molecular complexity index is 745. The second-order valence-electron chi connectivity index (χ2n) is 6.86. The van der Waals surface area contributed by atoms with E-state index in [1.165, 1.54) is 0 Å². The number of halogens is 3. The van der Waals surface area contributed by atoms with Crippen LogP contribution in [0.15, 0.2) is 30.5 Å². The molecule has 0 radical (unpaired) electrons. The first-order chi connectivity index (χ1) is 12.1. The van der Waals surface area contributed by atoms with Gasteiger partial charge in [0, 0.05) is 18.9 Å². The predicted octanol–water partition coefficient (Wildman–Crippen LogP) is 5.42. The zero-order valence-electron chi connectivity index (χ0n) is 15.6. The van der Waals surface area contributed by atoms with Crippen molar-refractivity contribution in [3.63, 3.8) is 0 Å². The monoisotopic (exact) mass is 367 g/mol. The molecule has 0 aliphatic rings. The van der Waals surface area contributed by atoms with Gasteiger partial charge in [-0.1, -0.05) is 45.9 Å². The summed E-state index contributed by atoms with van der Waals surface area (Å²) in [6.07, 6.45) is -3.79. The highest BCUT2D eigenvalue weighted by Gasteiger charge is 2.36. The summed E-state index contributed by atoms with van der Waals surface area (Å²) in [5, 5.41) is 0. The minimum Gasteiger partial charge on any atom is -0.477 e. The number of hydrogen-bond acceptors (Lipinski definition) is 4. The van der Waals surface area contributed by atoms with Gasteiger partial charge in [0.1, 0.15) is 5.56 Å². The van der Waals surface area contributed by atoms with Gasteiger partial charge in [-0.2, -0.15) is 18.2 Å². The molecule has 26 heavy (non-hydrogen) atoms. The third-order valence-electron chi connectivity index (χ3n) is 3.82.